The molecule has 12 heteroatoms. The molecule has 0 aliphatic heterocycles. The minimum atomic E-state index is -5.07. The fraction of sp³-hybridized carbons (Fsp3) is 0.0870. The van der Waals surface area contributed by atoms with Gasteiger partial charge in [-0.05, 0) is 48.0 Å². The standard InChI is InChI=1S/C23H14F6N4O2/c24-14-4-1-3-13(9-14)12-35-19-8-7-16(11-18(19)26)30-22(34)20-21(23(27,28)29)33(32-31-20)17-6-2-5-15(25)10-17/h1-11H,12H2,(H,30,34). The average molecular weight is 492 g/mol. The van der Waals surface area contributed by atoms with E-state index in [1.807, 2.05) is 0 Å². The average Bonchev–Trinajstić information content (AvgIpc) is 3.25. The molecular weight excluding hydrogens is 478 g/mol. The Morgan fingerprint density at radius 3 is 2.31 bits per heavy atom. The number of nitrogens with one attached hydrogen (secondary N) is 1. The largest absolute Gasteiger partial charge is 0.486 e. The lowest BCUT2D eigenvalue weighted by atomic mass is 10.2. The van der Waals surface area contributed by atoms with E-state index in [4.69, 9.17) is 4.74 Å². The second-order valence-electron chi connectivity index (χ2n) is 7.19. The van der Waals surface area contributed by atoms with E-state index >= 15 is 0 Å². The van der Waals surface area contributed by atoms with Gasteiger partial charge in [-0.2, -0.15) is 13.2 Å². The molecule has 1 heterocycles. The third kappa shape index (κ3) is 5.42. The molecule has 4 rings (SSSR count). The molecule has 1 amide bonds. The molecule has 3 aromatic carbocycles. The molecule has 0 atom stereocenters. The zero-order chi connectivity index (χ0) is 25.2. The highest BCUT2D eigenvalue weighted by Gasteiger charge is 2.42. The number of aromatic nitrogens is 3. The van der Waals surface area contributed by atoms with Crippen LogP contribution in [0.5, 0.6) is 5.75 Å². The minimum absolute atomic E-state index is 0.140. The van der Waals surface area contributed by atoms with Crippen molar-refractivity contribution in [2.45, 2.75) is 12.8 Å². The molecule has 0 unspecified atom stereocenters. The Morgan fingerprint density at radius 1 is 0.943 bits per heavy atom. The number of nitrogens with zero attached hydrogens (tertiary/aromatic N) is 3. The first-order valence-electron chi connectivity index (χ1n) is 9.89. The lowest BCUT2D eigenvalue weighted by Crippen LogP contribution is -2.21. The first kappa shape index (κ1) is 23.8. The van der Waals surface area contributed by atoms with Crippen molar-refractivity contribution in [2.24, 2.45) is 0 Å². The van der Waals surface area contributed by atoms with Crippen molar-refractivity contribution in [3.63, 3.8) is 0 Å². The van der Waals surface area contributed by atoms with E-state index in [0.29, 0.717) is 10.2 Å². The van der Waals surface area contributed by atoms with Gasteiger partial charge in [-0.3, -0.25) is 4.79 Å². The maximum atomic E-state index is 14.4. The number of hydrogen-bond donors (Lipinski definition) is 1. The Labute approximate surface area is 193 Å². The Balaban J connectivity index is 1.54. The molecule has 0 fully saturated rings. The SMILES string of the molecule is O=C(Nc1ccc(OCc2cccc(F)c2)c(F)c1)c1nnn(-c2cccc(F)c2)c1C(F)(F)F. The number of ether oxygens (including phenoxy) is 1. The van der Waals surface area contributed by atoms with Gasteiger partial charge in [0.05, 0.1) is 5.69 Å². The van der Waals surface area contributed by atoms with Crippen molar-refractivity contribution >= 4 is 11.6 Å². The van der Waals surface area contributed by atoms with Gasteiger partial charge in [-0.15, -0.1) is 5.10 Å². The molecule has 0 aliphatic rings. The van der Waals surface area contributed by atoms with E-state index in [2.05, 4.69) is 15.6 Å². The van der Waals surface area contributed by atoms with Gasteiger partial charge < -0.3 is 10.1 Å². The maximum absolute atomic E-state index is 14.4. The van der Waals surface area contributed by atoms with Crippen LogP contribution < -0.4 is 10.1 Å². The molecule has 0 bridgehead atoms. The van der Waals surface area contributed by atoms with E-state index in [-0.39, 0.29) is 23.7 Å². The van der Waals surface area contributed by atoms with Crippen LogP contribution in [0.15, 0.2) is 66.7 Å². The zero-order valence-electron chi connectivity index (χ0n) is 17.5. The number of benzene rings is 3. The number of carbonyl (C=O) groups is 1. The lowest BCUT2D eigenvalue weighted by Gasteiger charge is -2.12. The number of anilines is 1. The van der Waals surface area contributed by atoms with Crippen LogP contribution in [-0.4, -0.2) is 20.9 Å². The monoisotopic (exact) mass is 492 g/mol. The van der Waals surface area contributed by atoms with Crippen molar-refractivity contribution in [3.8, 4) is 11.4 Å². The van der Waals surface area contributed by atoms with Crippen LogP contribution in [0.3, 0.4) is 0 Å². The fourth-order valence-corrected chi connectivity index (χ4v) is 3.15. The summed E-state index contributed by atoms with van der Waals surface area (Å²) in [6.45, 7) is -0.140. The van der Waals surface area contributed by atoms with Gasteiger partial charge in [0.2, 0.25) is 0 Å². The summed E-state index contributed by atoms with van der Waals surface area (Å²) >= 11 is 0. The third-order valence-electron chi connectivity index (χ3n) is 4.68. The van der Waals surface area contributed by atoms with E-state index in [1.54, 1.807) is 6.07 Å². The third-order valence-corrected chi connectivity index (χ3v) is 4.68. The van der Waals surface area contributed by atoms with Crippen molar-refractivity contribution in [1.29, 1.82) is 0 Å². The highest BCUT2D eigenvalue weighted by atomic mass is 19.4. The van der Waals surface area contributed by atoms with E-state index in [1.165, 1.54) is 30.3 Å². The maximum Gasteiger partial charge on any atom is 0.435 e. The summed E-state index contributed by atoms with van der Waals surface area (Å²) in [6, 6.07) is 12.8. The van der Waals surface area contributed by atoms with Crippen molar-refractivity contribution < 1.29 is 35.9 Å². The van der Waals surface area contributed by atoms with Crippen LogP contribution in [0.25, 0.3) is 5.69 Å². The van der Waals surface area contributed by atoms with Crippen LogP contribution in [0, 0.1) is 17.5 Å². The quantitative estimate of drug-likeness (QED) is 0.359. The van der Waals surface area contributed by atoms with E-state index in [0.717, 1.165) is 30.3 Å². The summed E-state index contributed by atoms with van der Waals surface area (Å²) in [5.74, 6) is -3.75. The molecule has 0 saturated heterocycles. The van der Waals surface area contributed by atoms with Crippen LogP contribution in [0.1, 0.15) is 21.7 Å². The Bertz CT molecular complexity index is 1390. The number of halogens is 6. The lowest BCUT2D eigenvalue weighted by molar-refractivity contribution is -0.143. The summed E-state index contributed by atoms with van der Waals surface area (Å²) < 4.78 is 87.9. The predicted octanol–water partition coefficient (Wildman–Crippen LogP) is 5.53. The Morgan fingerprint density at radius 2 is 1.66 bits per heavy atom. The van der Waals surface area contributed by atoms with Gasteiger partial charge in [0.25, 0.3) is 5.91 Å². The highest BCUT2D eigenvalue weighted by molar-refractivity contribution is 6.03. The number of rotatable bonds is 6. The molecule has 1 N–H and O–H groups in total. The highest BCUT2D eigenvalue weighted by Crippen LogP contribution is 2.33. The minimum Gasteiger partial charge on any atom is -0.486 e. The Hall–Kier alpha value is -4.35. The second kappa shape index (κ2) is 9.49. The molecular formula is C23H14F6N4O2. The molecule has 0 aliphatic carbocycles. The number of amides is 1. The van der Waals surface area contributed by atoms with Gasteiger partial charge >= 0.3 is 6.18 Å². The molecule has 0 saturated carbocycles. The Kier molecular flexibility index (Phi) is 6.45. The van der Waals surface area contributed by atoms with Crippen LogP contribution in [0.2, 0.25) is 0 Å². The predicted molar refractivity (Wildman–Crippen MR) is 111 cm³/mol. The van der Waals surface area contributed by atoms with Crippen molar-refractivity contribution in [3.05, 3.63) is 101 Å². The molecule has 35 heavy (non-hydrogen) atoms. The van der Waals surface area contributed by atoms with Gasteiger partial charge in [-0.25, -0.2) is 17.9 Å². The molecule has 0 spiro atoms. The first-order valence-corrected chi connectivity index (χ1v) is 9.89. The number of carbonyl (C=O) groups excluding carboxylic acids is 1. The van der Waals surface area contributed by atoms with E-state index < -0.39 is 40.9 Å². The van der Waals surface area contributed by atoms with Crippen molar-refractivity contribution in [1.82, 2.24) is 15.0 Å². The normalized spacial score (nSPS) is 11.4. The topological polar surface area (TPSA) is 69.0 Å². The van der Waals surface area contributed by atoms with E-state index in [9.17, 15) is 31.1 Å². The number of hydrogen-bond acceptors (Lipinski definition) is 4. The molecule has 180 valence electrons. The molecule has 0 radical (unpaired) electrons. The van der Waals surface area contributed by atoms with Crippen LogP contribution in [0.4, 0.5) is 32.0 Å². The van der Waals surface area contributed by atoms with Gasteiger partial charge in [-0.1, -0.05) is 23.4 Å². The summed E-state index contributed by atoms with van der Waals surface area (Å²) in [4.78, 5) is 12.5. The second-order valence-corrected chi connectivity index (χ2v) is 7.19. The molecule has 1 aromatic heterocycles. The zero-order valence-corrected chi connectivity index (χ0v) is 17.5. The molecule has 6 nitrogen and oxygen atoms in total. The summed E-state index contributed by atoms with van der Waals surface area (Å²) in [7, 11) is 0. The van der Waals surface area contributed by atoms with Crippen LogP contribution in [-0.2, 0) is 12.8 Å². The molecule has 4 aromatic rings. The smallest absolute Gasteiger partial charge is 0.435 e. The summed E-state index contributed by atoms with van der Waals surface area (Å²) in [5.41, 5.74) is -2.65. The van der Waals surface area contributed by atoms with Crippen molar-refractivity contribution in [2.75, 3.05) is 5.32 Å². The summed E-state index contributed by atoms with van der Waals surface area (Å²) in [5, 5.41) is 8.77. The van der Waals surface area contributed by atoms with Crippen LogP contribution >= 0.6 is 0 Å². The van der Waals surface area contributed by atoms with Gasteiger partial charge in [0.1, 0.15) is 18.2 Å². The number of alkyl halides is 3. The fourth-order valence-electron chi connectivity index (χ4n) is 3.15. The van der Waals surface area contributed by atoms with Gasteiger partial charge in [0, 0.05) is 11.8 Å². The first-order chi connectivity index (χ1) is 16.6. The van der Waals surface area contributed by atoms with Gasteiger partial charge in [0.15, 0.2) is 23.0 Å². The summed E-state index contributed by atoms with van der Waals surface area (Å²) in [6.07, 6.45) is -5.07.